The molecule has 7 atom stereocenters. The van der Waals surface area contributed by atoms with Crippen molar-refractivity contribution in [3.63, 3.8) is 0 Å². The Morgan fingerprint density at radius 3 is 1.17 bits per heavy atom. The number of nitrogens with one attached hydrogen (secondary N) is 1. The first-order chi connectivity index (χ1) is 40.3. The highest BCUT2D eigenvalue weighted by molar-refractivity contribution is 5.76. The lowest BCUT2D eigenvalue weighted by Crippen LogP contribution is -2.60. The van der Waals surface area contributed by atoms with Gasteiger partial charge in [0.2, 0.25) is 5.91 Å². The number of aliphatic hydroxyl groups is 5. The van der Waals surface area contributed by atoms with Gasteiger partial charge in [0.15, 0.2) is 6.29 Å². The molecule has 6 N–H and O–H groups in total. The lowest BCUT2D eigenvalue weighted by Gasteiger charge is -2.40. The van der Waals surface area contributed by atoms with Gasteiger partial charge in [0.1, 0.15) is 24.4 Å². The molecule has 1 saturated heterocycles. The summed E-state index contributed by atoms with van der Waals surface area (Å²) in [7, 11) is 0. The third kappa shape index (κ3) is 49.1. The Hall–Kier alpha value is -3.15. The standard InChI is InChI=1S/C73H127NO8/c1-3-5-7-9-11-13-15-17-19-21-23-24-25-26-27-28-29-30-31-32-33-34-35-36-37-38-39-40-41-42-43-44-45-47-49-51-53-55-57-59-61-63-69(77)74-66(65-81-73-72(80)71(79)70(78)68(64-75)82-73)67(76)62-60-58-56-54-52-50-48-46-22-20-18-16-14-12-10-8-6-4-2/h5,7,11,13,17,19,22-24,26-27,29-30,46,52,54,60,62,66-68,70-73,75-76,78-80H,3-4,6,8-10,12,14-16,18,20-21,25,28,31-45,47-51,53,55-59,61,63-65H2,1-2H3,(H,74,77)/b7-5-,13-11-,19-17-,24-23-,27-26-,30-29-,46-22+,54-52+,62-60+. The number of carbonyl (C=O) groups excluding carboxylic acids is 1. The highest BCUT2D eigenvalue weighted by atomic mass is 16.7. The van der Waals surface area contributed by atoms with Crippen molar-refractivity contribution in [1.29, 1.82) is 0 Å². The second-order valence-corrected chi connectivity index (χ2v) is 23.2. The summed E-state index contributed by atoms with van der Waals surface area (Å²) in [5.41, 5.74) is 0. The summed E-state index contributed by atoms with van der Waals surface area (Å²) < 4.78 is 11.3. The number of hydrogen-bond acceptors (Lipinski definition) is 8. The second-order valence-electron chi connectivity index (χ2n) is 23.2. The molecule has 1 heterocycles. The Morgan fingerprint density at radius 2 is 0.768 bits per heavy atom. The van der Waals surface area contributed by atoms with Gasteiger partial charge >= 0.3 is 0 Å². The average molecular weight is 1150 g/mol. The van der Waals surface area contributed by atoms with Gasteiger partial charge in [0.25, 0.3) is 0 Å². The topological polar surface area (TPSA) is 149 Å². The number of carbonyl (C=O) groups is 1. The molecule has 1 amide bonds. The maximum absolute atomic E-state index is 13.1. The largest absolute Gasteiger partial charge is 0.394 e. The van der Waals surface area contributed by atoms with Crippen LogP contribution in [0, 0.1) is 0 Å². The Labute approximate surface area is 504 Å². The van der Waals surface area contributed by atoms with E-state index in [1.165, 1.54) is 180 Å². The van der Waals surface area contributed by atoms with E-state index < -0.39 is 49.5 Å². The number of allylic oxidation sites excluding steroid dienone is 17. The maximum Gasteiger partial charge on any atom is 0.220 e. The van der Waals surface area contributed by atoms with E-state index in [2.05, 4.69) is 116 Å². The van der Waals surface area contributed by atoms with Crippen LogP contribution in [0.3, 0.4) is 0 Å². The molecule has 1 aliphatic rings. The molecule has 0 spiro atoms. The zero-order chi connectivity index (χ0) is 59.3. The number of hydrogen-bond donors (Lipinski definition) is 6. The summed E-state index contributed by atoms with van der Waals surface area (Å²) in [5, 5.41) is 54.6. The van der Waals surface area contributed by atoms with Gasteiger partial charge in [-0.15, -0.1) is 0 Å². The van der Waals surface area contributed by atoms with E-state index in [1.807, 2.05) is 6.08 Å². The van der Waals surface area contributed by atoms with Crippen LogP contribution >= 0.6 is 0 Å². The summed E-state index contributed by atoms with van der Waals surface area (Å²) in [4.78, 5) is 13.1. The molecule has 0 aromatic carbocycles. The molecule has 0 radical (unpaired) electrons. The molecule has 7 unspecified atom stereocenters. The Bertz CT molecular complexity index is 1660. The van der Waals surface area contributed by atoms with Gasteiger partial charge in [0, 0.05) is 6.42 Å². The molecule has 82 heavy (non-hydrogen) atoms. The molecule has 0 bridgehead atoms. The minimum absolute atomic E-state index is 0.189. The number of ether oxygens (including phenoxy) is 2. The minimum Gasteiger partial charge on any atom is -0.394 e. The van der Waals surface area contributed by atoms with Crippen LogP contribution in [0.15, 0.2) is 109 Å². The van der Waals surface area contributed by atoms with E-state index in [-0.39, 0.29) is 12.5 Å². The molecule has 1 fully saturated rings. The SMILES string of the molecule is CC/C=C\C/C=C\C/C=C\C/C=C\C/C=C\C/C=C\CCCCCCCCCCCCCCCCCCCCCCCCC(=O)NC(COC1OC(CO)C(O)C(O)C1O)C(O)/C=C/CC/C=C/CC/C=C/CCCCCCCCCC. The van der Waals surface area contributed by atoms with E-state index in [9.17, 15) is 30.3 Å². The Morgan fingerprint density at radius 1 is 0.427 bits per heavy atom. The number of amides is 1. The quantitative estimate of drug-likeness (QED) is 0.0261. The first-order valence-electron chi connectivity index (χ1n) is 34.1. The Balaban J connectivity index is 2.08. The van der Waals surface area contributed by atoms with E-state index in [0.29, 0.717) is 6.42 Å². The van der Waals surface area contributed by atoms with Crippen LogP contribution in [0.4, 0.5) is 0 Å². The van der Waals surface area contributed by atoms with Crippen molar-refractivity contribution in [2.75, 3.05) is 13.2 Å². The van der Waals surface area contributed by atoms with Crippen molar-refractivity contribution >= 4 is 5.91 Å². The van der Waals surface area contributed by atoms with Crippen molar-refractivity contribution in [3.8, 4) is 0 Å². The molecule has 9 heteroatoms. The monoisotopic (exact) mass is 1150 g/mol. The molecule has 0 aliphatic carbocycles. The molecule has 1 rings (SSSR count). The number of aliphatic hydroxyl groups excluding tert-OH is 5. The molecule has 0 aromatic rings. The summed E-state index contributed by atoms with van der Waals surface area (Å²) in [6.45, 7) is 3.65. The highest BCUT2D eigenvalue weighted by Gasteiger charge is 2.44. The predicted octanol–water partition coefficient (Wildman–Crippen LogP) is 18.5. The average Bonchev–Trinajstić information content (AvgIpc) is 3.57. The Kier molecular flexibility index (Phi) is 57.1. The lowest BCUT2D eigenvalue weighted by molar-refractivity contribution is -0.302. The maximum atomic E-state index is 13.1. The van der Waals surface area contributed by atoms with Crippen LogP contribution in [-0.2, 0) is 14.3 Å². The minimum atomic E-state index is -1.58. The van der Waals surface area contributed by atoms with Crippen molar-refractivity contribution in [2.45, 2.75) is 333 Å². The van der Waals surface area contributed by atoms with Crippen LogP contribution in [0.1, 0.15) is 290 Å². The van der Waals surface area contributed by atoms with Gasteiger partial charge < -0.3 is 40.3 Å². The van der Waals surface area contributed by atoms with Gasteiger partial charge in [-0.1, -0.05) is 297 Å². The fourth-order valence-corrected chi connectivity index (χ4v) is 10.3. The van der Waals surface area contributed by atoms with E-state index in [0.717, 1.165) is 89.9 Å². The zero-order valence-corrected chi connectivity index (χ0v) is 52.7. The van der Waals surface area contributed by atoms with Gasteiger partial charge in [-0.05, 0) is 96.3 Å². The van der Waals surface area contributed by atoms with E-state index in [1.54, 1.807) is 6.08 Å². The molecule has 9 nitrogen and oxygen atoms in total. The summed E-state index contributed by atoms with van der Waals surface area (Å²) in [5.74, 6) is -0.189. The van der Waals surface area contributed by atoms with Gasteiger partial charge in [-0.3, -0.25) is 4.79 Å². The fourth-order valence-electron chi connectivity index (χ4n) is 10.3. The fraction of sp³-hybridized carbons (Fsp3) is 0.740. The predicted molar refractivity (Wildman–Crippen MR) is 350 cm³/mol. The molecular weight excluding hydrogens is 1020 g/mol. The lowest BCUT2D eigenvalue weighted by atomic mass is 9.99. The number of unbranched alkanes of at least 4 members (excludes halogenated alkanes) is 32. The smallest absolute Gasteiger partial charge is 0.220 e. The van der Waals surface area contributed by atoms with Gasteiger partial charge in [-0.25, -0.2) is 0 Å². The van der Waals surface area contributed by atoms with Crippen molar-refractivity contribution in [2.24, 2.45) is 0 Å². The van der Waals surface area contributed by atoms with Gasteiger partial charge in [-0.2, -0.15) is 0 Å². The summed E-state index contributed by atoms with van der Waals surface area (Å²) in [6, 6.07) is -0.832. The molecular formula is C73H127NO8. The van der Waals surface area contributed by atoms with Crippen molar-refractivity contribution in [3.05, 3.63) is 109 Å². The van der Waals surface area contributed by atoms with Crippen molar-refractivity contribution in [1.82, 2.24) is 5.32 Å². The van der Waals surface area contributed by atoms with Crippen LogP contribution in [-0.4, -0.2) is 87.5 Å². The van der Waals surface area contributed by atoms with Crippen LogP contribution in [0.25, 0.3) is 0 Å². The first-order valence-corrected chi connectivity index (χ1v) is 34.1. The van der Waals surface area contributed by atoms with Crippen LogP contribution < -0.4 is 5.32 Å². The third-order valence-electron chi connectivity index (χ3n) is 15.6. The van der Waals surface area contributed by atoms with Crippen LogP contribution in [0.5, 0.6) is 0 Å². The zero-order valence-electron chi connectivity index (χ0n) is 52.7. The van der Waals surface area contributed by atoms with Crippen molar-refractivity contribution < 1.29 is 39.8 Å². The van der Waals surface area contributed by atoms with Gasteiger partial charge in [0.05, 0.1) is 25.4 Å². The first kappa shape index (κ1) is 76.9. The number of rotatable bonds is 58. The van der Waals surface area contributed by atoms with Crippen LogP contribution in [0.2, 0.25) is 0 Å². The summed E-state index contributed by atoms with van der Waals surface area (Å²) in [6.07, 6.45) is 83.4. The van der Waals surface area contributed by atoms with E-state index >= 15 is 0 Å². The normalized spacial score (nSPS) is 19.0. The second kappa shape index (κ2) is 61.0. The third-order valence-corrected chi connectivity index (χ3v) is 15.6. The highest BCUT2D eigenvalue weighted by Crippen LogP contribution is 2.23. The molecule has 0 saturated carbocycles. The molecule has 472 valence electrons. The molecule has 1 aliphatic heterocycles. The molecule has 0 aromatic heterocycles. The summed E-state index contributed by atoms with van der Waals surface area (Å²) >= 11 is 0. The van der Waals surface area contributed by atoms with E-state index in [4.69, 9.17) is 9.47 Å².